The highest BCUT2D eigenvalue weighted by Crippen LogP contribution is 2.31. The van der Waals surface area contributed by atoms with E-state index in [1.165, 1.54) is 35.6 Å². The van der Waals surface area contributed by atoms with E-state index >= 15 is 0 Å². The van der Waals surface area contributed by atoms with Gasteiger partial charge in [-0.05, 0) is 42.5 Å². The molecule has 36 heavy (non-hydrogen) atoms. The summed E-state index contributed by atoms with van der Waals surface area (Å²) in [5, 5.41) is 14.7. The number of amides is 1. The molecule has 10 heteroatoms. The highest BCUT2D eigenvalue weighted by molar-refractivity contribution is 7.21. The van der Waals surface area contributed by atoms with Crippen molar-refractivity contribution >= 4 is 56.4 Å². The number of rotatable bonds is 6. The monoisotopic (exact) mass is 514 g/mol. The van der Waals surface area contributed by atoms with Crippen LogP contribution in [-0.2, 0) is 0 Å². The lowest BCUT2D eigenvalue weighted by molar-refractivity contribution is -0.384. The van der Waals surface area contributed by atoms with Crippen molar-refractivity contribution in [2.45, 2.75) is 0 Å². The summed E-state index contributed by atoms with van der Waals surface area (Å²) in [7, 11) is 0. The highest BCUT2D eigenvalue weighted by atomic mass is 35.5. The summed E-state index contributed by atoms with van der Waals surface area (Å²) in [6.45, 7) is 0. The number of carbonyl (C=O) groups is 2. The summed E-state index contributed by atoms with van der Waals surface area (Å²) < 4.78 is 0. The van der Waals surface area contributed by atoms with E-state index < -0.39 is 16.6 Å². The second-order valence-electron chi connectivity index (χ2n) is 7.68. The Morgan fingerprint density at radius 1 is 0.944 bits per heavy atom. The predicted molar refractivity (Wildman–Crippen MR) is 139 cm³/mol. The Balaban J connectivity index is 1.43. The van der Waals surface area contributed by atoms with E-state index in [2.05, 4.69) is 15.3 Å². The molecule has 0 fully saturated rings. The van der Waals surface area contributed by atoms with E-state index in [0.29, 0.717) is 5.69 Å². The minimum Gasteiger partial charge on any atom is -0.322 e. The molecule has 1 N–H and O–H groups in total. The molecule has 0 aliphatic carbocycles. The number of nitro groups is 1. The number of carbonyl (C=O) groups excluding carboxylic acids is 2. The number of aromatic nitrogens is 2. The van der Waals surface area contributed by atoms with Crippen LogP contribution >= 0.6 is 22.9 Å². The molecule has 2 heterocycles. The molecule has 0 aliphatic rings. The number of ketones is 1. The number of hydrogen-bond acceptors (Lipinski definition) is 7. The summed E-state index contributed by atoms with van der Waals surface area (Å²) in [6, 6.07) is 21.0. The fourth-order valence-electron chi connectivity index (χ4n) is 3.65. The molecule has 0 aliphatic heterocycles. The third-order valence-electron chi connectivity index (χ3n) is 5.36. The van der Waals surface area contributed by atoms with Crippen molar-refractivity contribution in [2.24, 2.45) is 0 Å². The number of pyridine rings is 1. The maximum absolute atomic E-state index is 13.2. The molecule has 0 saturated carbocycles. The Morgan fingerprint density at radius 2 is 1.75 bits per heavy atom. The van der Waals surface area contributed by atoms with Gasteiger partial charge in [-0.25, -0.2) is 9.97 Å². The number of hydrogen-bond donors (Lipinski definition) is 1. The van der Waals surface area contributed by atoms with Crippen molar-refractivity contribution < 1.29 is 14.5 Å². The molecule has 8 nitrogen and oxygen atoms in total. The summed E-state index contributed by atoms with van der Waals surface area (Å²) in [5.41, 5.74) is 2.04. The zero-order valence-electron chi connectivity index (χ0n) is 18.3. The number of nitrogens with zero attached hydrogens (tertiary/aromatic N) is 3. The van der Waals surface area contributed by atoms with E-state index in [1.807, 2.05) is 18.2 Å². The number of anilines is 1. The molecule has 0 spiro atoms. The van der Waals surface area contributed by atoms with Crippen LogP contribution in [0, 0.1) is 10.1 Å². The molecule has 0 bridgehead atoms. The van der Waals surface area contributed by atoms with Gasteiger partial charge in [0.25, 0.3) is 11.6 Å². The SMILES string of the molecule is O=C(Nc1cccc(-c2nc3cccnc3s2)c1)c1ccccc1C(=O)c1ccc(Cl)c([N+](=O)[O-])c1. The Kier molecular flexibility index (Phi) is 6.24. The molecule has 5 aromatic rings. The molecule has 0 saturated heterocycles. The summed E-state index contributed by atoms with van der Waals surface area (Å²) >= 11 is 7.32. The lowest BCUT2D eigenvalue weighted by Crippen LogP contribution is -2.17. The first-order valence-corrected chi connectivity index (χ1v) is 11.8. The zero-order chi connectivity index (χ0) is 25.2. The lowest BCUT2D eigenvalue weighted by Gasteiger charge is -2.10. The van der Waals surface area contributed by atoms with Crippen molar-refractivity contribution in [3.63, 3.8) is 0 Å². The van der Waals surface area contributed by atoms with Gasteiger partial charge in [-0.3, -0.25) is 19.7 Å². The van der Waals surface area contributed by atoms with E-state index in [0.717, 1.165) is 27.0 Å². The maximum Gasteiger partial charge on any atom is 0.288 e. The molecule has 0 atom stereocenters. The van der Waals surface area contributed by atoms with Gasteiger partial charge in [-0.2, -0.15) is 0 Å². The minimum atomic E-state index is -0.661. The van der Waals surface area contributed by atoms with Crippen LogP contribution < -0.4 is 5.32 Å². The number of thiazole rings is 1. The molecule has 3 aromatic carbocycles. The molecule has 5 rings (SSSR count). The highest BCUT2D eigenvalue weighted by Gasteiger charge is 2.22. The van der Waals surface area contributed by atoms with Crippen LogP contribution in [0.5, 0.6) is 0 Å². The molecule has 2 aromatic heterocycles. The van der Waals surface area contributed by atoms with Gasteiger partial charge < -0.3 is 5.32 Å². The minimum absolute atomic E-state index is 0.0535. The third kappa shape index (κ3) is 4.57. The molecule has 0 radical (unpaired) electrons. The van der Waals surface area contributed by atoms with Crippen LogP contribution in [0.3, 0.4) is 0 Å². The molecular weight excluding hydrogens is 500 g/mol. The van der Waals surface area contributed by atoms with Gasteiger partial charge in [0.05, 0.1) is 10.5 Å². The summed E-state index contributed by atoms with van der Waals surface area (Å²) in [5.74, 6) is -1.03. The van der Waals surface area contributed by atoms with Crippen LogP contribution in [0.15, 0.2) is 85.1 Å². The Bertz CT molecular complexity index is 1630. The Hall–Kier alpha value is -4.47. The van der Waals surface area contributed by atoms with Crippen molar-refractivity contribution in [3.05, 3.63) is 117 Å². The van der Waals surface area contributed by atoms with Crippen molar-refractivity contribution in [2.75, 3.05) is 5.32 Å². The lowest BCUT2D eigenvalue weighted by atomic mass is 9.97. The Labute approximate surface area is 213 Å². The normalized spacial score (nSPS) is 10.8. The smallest absolute Gasteiger partial charge is 0.288 e. The van der Waals surface area contributed by atoms with Crippen LogP contribution in [0.25, 0.3) is 20.9 Å². The van der Waals surface area contributed by atoms with E-state index in [-0.39, 0.29) is 27.4 Å². The largest absolute Gasteiger partial charge is 0.322 e. The first-order valence-electron chi connectivity index (χ1n) is 10.6. The van der Waals surface area contributed by atoms with E-state index in [1.54, 1.807) is 36.5 Å². The average Bonchev–Trinajstić information content (AvgIpc) is 3.33. The first kappa shape index (κ1) is 23.3. The van der Waals surface area contributed by atoms with Crippen molar-refractivity contribution in [1.82, 2.24) is 9.97 Å². The van der Waals surface area contributed by atoms with Gasteiger partial charge in [0.2, 0.25) is 0 Å². The number of fused-ring (bicyclic) bond motifs is 1. The topological polar surface area (TPSA) is 115 Å². The summed E-state index contributed by atoms with van der Waals surface area (Å²) in [6.07, 6.45) is 1.71. The quantitative estimate of drug-likeness (QED) is 0.159. The molecule has 0 unspecified atom stereocenters. The van der Waals surface area contributed by atoms with Gasteiger partial charge >= 0.3 is 0 Å². The fraction of sp³-hybridized carbons (Fsp3) is 0. The van der Waals surface area contributed by atoms with Gasteiger partial charge in [0.1, 0.15) is 20.4 Å². The fourth-order valence-corrected chi connectivity index (χ4v) is 4.74. The van der Waals surface area contributed by atoms with Gasteiger partial charge in [0, 0.05) is 34.6 Å². The van der Waals surface area contributed by atoms with Crippen LogP contribution in [0.2, 0.25) is 5.02 Å². The standard InChI is InChI=1S/C26H15ClN4O4S/c27-20-11-10-15(14-22(20)31(34)35)23(32)18-7-1-2-8-19(18)24(33)29-17-6-3-5-16(13-17)25-30-21-9-4-12-28-26(21)36-25/h1-14H,(H,29,33). The van der Waals surface area contributed by atoms with E-state index in [4.69, 9.17) is 11.6 Å². The second-order valence-corrected chi connectivity index (χ2v) is 9.06. The van der Waals surface area contributed by atoms with Crippen molar-refractivity contribution in [3.8, 4) is 10.6 Å². The van der Waals surface area contributed by atoms with Crippen LogP contribution in [0.1, 0.15) is 26.3 Å². The zero-order valence-corrected chi connectivity index (χ0v) is 19.9. The summed E-state index contributed by atoms with van der Waals surface area (Å²) in [4.78, 5) is 46.7. The average molecular weight is 515 g/mol. The molecule has 1 amide bonds. The van der Waals surface area contributed by atoms with Crippen LogP contribution in [0.4, 0.5) is 11.4 Å². The van der Waals surface area contributed by atoms with Crippen LogP contribution in [-0.4, -0.2) is 26.6 Å². The van der Waals surface area contributed by atoms with E-state index in [9.17, 15) is 19.7 Å². The number of nitro benzene ring substituents is 1. The predicted octanol–water partition coefficient (Wildman–Crippen LogP) is 6.40. The van der Waals surface area contributed by atoms with Crippen molar-refractivity contribution in [1.29, 1.82) is 0 Å². The van der Waals surface area contributed by atoms with Gasteiger partial charge in [0.15, 0.2) is 5.78 Å². The van der Waals surface area contributed by atoms with Gasteiger partial charge in [-0.15, -0.1) is 0 Å². The molecular formula is C26H15ClN4O4S. The van der Waals surface area contributed by atoms with Gasteiger partial charge in [-0.1, -0.05) is 53.3 Å². The Morgan fingerprint density at radius 3 is 2.53 bits per heavy atom. The second kappa shape index (κ2) is 9.65. The molecule has 176 valence electrons. The number of nitrogens with one attached hydrogen (secondary N) is 1. The third-order valence-corrected chi connectivity index (χ3v) is 6.70. The number of halogens is 1. The number of benzene rings is 3. The maximum atomic E-state index is 13.2. The first-order chi connectivity index (χ1) is 17.4.